The molecule has 30 heavy (non-hydrogen) atoms. The number of aliphatic carboxylic acids is 1. The molecule has 0 amide bonds. The summed E-state index contributed by atoms with van der Waals surface area (Å²) in [5.74, 6) is -1.35. The van der Waals surface area contributed by atoms with Gasteiger partial charge in [-0.3, -0.25) is 4.79 Å². The number of hydrogen-bond donors (Lipinski definition) is 2. The fourth-order valence-corrected chi connectivity index (χ4v) is 3.40. The van der Waals surface area contributed by atoms with Gasteiger partial charge in [0.2, 0.25) is 5.88 Å². The van der Waals surface area contributed by atoms with Gasteiger partial charge >= 0.3 is 12.1 Å². The van der Waals surface area contributed by atoms with Crippen molar-refractivity contribution in [1.82, 2.24) is 19.9 Å². The fourth-order valence-electron chi connectivity index (χ4n) is 3.40. The van der Waals surface area contributed by atoms with Crippen molar-refractivity contribution in [1.29, 1.82) is 0 Å². The van der Waals surface area contributed by atoms with E-state index in [1.165, 1.54) is 26.0 Å². The van der Waals surface area contributed by atoms with E-state index in [2.05, 4.69) is 15.4 Å². The van der Waals surface area contributed by atoms with Gasteiger partial charge in [0, 0.05) is 0 Å². The van der Waals surface area contributed by atoms with Crippen molar-refractivity contribution >= 4 is 17.5 Å². The van der Waals surface area contributed by atoms with Gasteiger partial charge in [0.15, 0.2) is 17.4 Å². The van der Waals surface area contributed by atoms with Crippen molar-refractivity contribution in [3.8, 4) is 11.1 Å². The average molecular weight is 420 g/mol. The van der Waals surface area contributed by atoms with Gasteiger partial charge in [-0.2, -0.15) is 22.8 Å². The zero-order valence-electron chi connectivity index (χ0n) is 15.7. The summed E-state index contributed by atoms with van der Waals surface area (Å²) in [7, 11) is 0. The quantitative estimate of drug-likeness (QED) is 0.644. The van der Waals surface area contributed by atoms with Crippen molar-refractivity contribution in [2.24, 2.45) is 0 Å². The third-order valence-corrected chi connectivity index (χ3v) is 4.79. The van der Waals surface area contributed by atoms with Gasteiger partial charge < -0.3 is 15.2 Å². The highest BCUT2D eigenvalue weighted by Crippen LogP contribution is 2.37. The molecule has 1 fully saturated rings. The van der Waals surface area contributed by atoms with Gasteiger partial charge in [-0.15, -0.1) is 0 Å². The Morgan fingerprint density at radius 1 is 1.27 bits per heavy atom. The van der Waals surface area contributed by atoms with Crippen LogP contribution in [0.2, 0.25) is 0 Å². The second kappa shape index (κ2) is 6.71. The van der Waals surface area contributed by atoms with Crippen molar-refractivity contribution < 1.29 is 27.8 Å². The topological polar surface area (TPSA) is 106 Å². The third kappa shape index (κ3) is 3.02. The summed E-state index contributed by atoms with van der Waals surface area (Å²) >= 11 is 0. The standard InChI is InChI=1S/C19H15F3N4O4/c1-8-11(16-24-13(18(28)29)9(2)30-16)17(27)26-15(23-8)12(10-6-4-3-5-7-10)14(25-26)19(20,21)22/h3-7,9,13,24H,1-2H3,(H,28,29)/t9-,13?/m0/s1. The summed E-state index contributed by atoms with van der Waals surface area (Å²) in [4.78, 5) is 28.5. The van der Waals surface area contributed by atoms with Crippen LogP contribution in [0, 0.1) is 6.92 Å². The zero-order valence-corrected chi connectivity index (χ0v) is 15.7. The minimum absolute atomic E-state index is 0.0824. The number of aryl methyl sites for hydroxylation is 1. The summed E-state index contributed by atoms with van der Waals surface area (Å²) < 4.78 is 47.1. The van der Waals surface area contributed by atoms with E-state index < -0.39 is 35.5 Å². The van der Waals surface area contributed by atoms with Crippen molar-refractivity contribution in [3.05, 3.63) is 57.3 Å². The highest BCUT2D eigenvalue weighted by atomic mass is 19.4. The lowest BCUT2D eigenvalue weighted by molar-refractivity contribution is -0.141. The number of halogens is 3. The van der Waals surface area contributed by atoms with E-state index >= 15 is 0 Å². The maximum absolute atomic E-state index is 13.7. The summed E-state index contributed by atoms with van der Waals surface area (Å²) in [6, 6.07) is 6.61. The van der Waals surface area contributed by atoms with Crippen LogP contribution in [0.1, 0.15) is 18.3 Å². The van der Waals surface area contributed by atoms with E-state index in [0.29, 0.717) is 4.52 Å². The van der Waals surface area contributed by atoms with Gasteiger partial charge in [-0.05, 0) is 19.4 Å². The van der Waals surface area contributed by atoms with Crippen LogP contribution in [0.25, 0.3) is 22.7 Å². The molecule has 0 spiro atoms. The molecule has 0 radical (unpaired) electrons. The number of ether oxygens (including phenoxy) is 1. The van der Waals surface area contributed by atoms with Crippen molar-refractivity contribution in [2.75, 3.05) is 0 Å². The summed E-state index contributed by atoms with van der Waals surface area (Å²) in [6.45, 7) is 2.93. The maximum Gasteiger partial charge on any atom is 0.435 e. The number of rotatable bonds is 2. The van der Waals surface area contributed by atoms with E-state index in [0.717, 1.165) is 0 Å². The number of nitrogens with one attached hydrogen (secondary N) is 1. The molecule has 11 heteroatoms. The fraction of sp³-hybridized carbons (Fsp3) is 0.263. The molecule has 3 heterocycles. The Balaban J connectivity index is 2.05. The predicted molar refractivity (Wildman–Crippen MR) is 98.2 cm³/mol. The van der Waals surface area contributed by atoms with E-state index in [9.17, 15) is 27.9 Å². The number of carboxylic acids is 1. The summed E-state index contributed by atoms with van der Waals surface area (Å²) in [5, 5.41) is 15.1. The molecule has 3 aromatic rings. The molecule has 2 aromatic heterocycles. The number of carbonyl (C=O) groups is 1. The van der Waals surface area contributed by atoms with Crippen LogP contribution in [0.5, 0.6) is 0 Å². The Hall–Kier alpha value is -3.63. The largest absolute Gasteiger partial charge is 0.480 e. The van der Waals surface area contributed by atoms with Gasteiger partial charge in [0.1, 0.15) is 11.3 Å². The number of carboxylic acid groups (broad SMARTS) is 1. The Kier molecular flexibility index (Phi) is 4.40. The molecule has 2 N–H and O–H groups in total. The Morgan fingerprint density at radius 2 is 1.93 bits per heavy atom. The number of benzene rings is 1. The lowest BCUT2D eigenvalue weighted by Gasteiger charge is -2.06. The lowest BCUT2D eigenvalue weighted by atomic mass is 10.1. The first-order valence-corrected chi connectivity index (χ1v) is 8.86. The third-order valence-electron chi connectivity index (χ3n) is 4.79. The second-order valence-corrected chi connectivity index (χ2v) is 6.81. The highest BCUT2D eigenvalue weighted by molar-refractivity contribution is 5.80. The molecule has 1 aromatic carbocycles. The number of alkyl halides is 3. The Labute approximate surface area is 166 Å². The van der Waals surface area contributed by atoms with Crippen LogP contribution in [-0.2, 0) is 15.7 Å². The first kappa shape index (κ1) is 19.7. The average Bonchev–Trinajstić information content (AvgIpc) is 3.23. The molecule has 8 nitrogen and oxygen atoms in total. The van der Waals surface area contributed by atoms with E-state index in [4.69, 9.17) is 4.74 Å². The molecule has 1 aliphatic rings. The summed E-state index contributed by atoms with van der Waals surface area (Å²) in [5.41, 5.74) is -2.40. The molecular weight excluding hydrogens is 405 g/mol. The van der Waals surface area contributed by atoms with Crippen LogP contribution in [-0.4, -0.2) is 37.8 Å². The molecule has 4 rings (SSSR count). The van der Waals surface area contributed by atoms with Crippen LogP contribution in [0.4, 0.5) is 13.2 Å². The lowest BCUT2D eigenvalue weighted by Crippen LogP contribution is -2.41. The number of fused-ring (bicyclic) bond motifs is 1. The highest BCUT2D eigenvalue weighted by Gasteiger charge is 2.40. The first-order valence-electron chi connectivity index (χ1n) is 8.86. The minimum Gasteiger partial charge on any atom is -0.480 e. The van der Waals surface area contributed by atoms with Crippen molar-refractivity contribution in [2.45, 2.75) is 32.2 Å². The zero-order chi connectivity index (χ0) is 21.8. The number of aromatic nitrogens is 3. The normalized spacial score (nSPS) is 20.8. The van der Waals surface area contributed by atoms with Crippen molar-refractivity contribution in [3.63, 3.8) is 0 Å². The van der Waals surface area contributed by atoms with Crippen LogP contribution in [0.3, 0.4) is 0 Å². The van der Waals surface area contributed by atoms with Crippen LogP contribution in [0.15, 0.2) is 35.1 Å². The van der Waals surface area contributed by atoms with Gasteiger partial charge in [0.25, 0.3) is 5.56 Å². The van der Waals surface area contributed by atoms with Crippen LogP contribution < -0.4 is 16.1 Å². The van der Waals surface area contributed by atoms with Gasteiger partial charge in [0.05, 0.1) is 11.3 Å². The van der Waals surface area contributed by atoms with E-state index in [1.807, 2.05) is 0 Å². The minimum atomic E-state index is -4.82. The molecule has 1 unspecified atom stereocenters. The van der Waals surface area contributed by atoms with E-state index in [-0.39, 0.29) is 33.6 Å². The summed E-state index contributed by atoms with van der Waals surface area (Å²) in [6.07, 6.45) is -5.62. The molecule has 0 aliphatic carbocycles. The molecular formula is C19H15F3N4O4. The number of hydrogen-bond acceptors (Lipinski definition) is 6. The van der Waals surface area contributed by atoms with Crippen LogP contribution >= 0.6 is 0 Å². The molecule has 0 saturated carbocycles. The molecule has 2 atom stereocenters. The maximum atomic E-state index is 13.7. The molecule has 0 bridgehead atoms. The van der Waals surface area contributed by atoms with E-state index in [1.54, 1.807) is 18.2 Å². The SMILES string of the molecule is Cc1nc2c(-c3ccccc3)c(C(F)(F)F)nn2c(=O)c1=C1NC(C(=O)O)[C@H](C)O1. The number of nitrogens with zero attached hydrogens (tertiary/aromatic N) is 3. The predicted octanol–water partition coefficient (Wildman–Crippen LogP) is 1.33. The Bertz CT molecular complexity index is 1270. The molecule has 1 saturated heterocycles. The smallest absolute Gasteiger partial charge is 0.435 e. The monoisotopic (exact) mass is 420 g/mol. The Morgan fingerprint density at radius 3 is 2.50 bits per heavy atom. The molecule has 1 aliphatic heterocycles. The first-order chi connectivity index (χ1) is 14.1. The van der Waals surface area contributed by atoms with Gasteiger partial charge in [-0.25, -0.2) is 9.78 Å². The van der Waals surface area contributed by atoms with Gasteiger partial charge in [-0.1, -0.05) is 30.3 Å². The second-order valence-electron chi connectivity index (χ2n) is 6.81. The molecule has 156 valence electrons.